The number of carbonyl (C=O) groups excluding carboxylic acids is 2. The number of nitrogens with zero attached hydrogens (tertiary/aromatic N) is 2. The zero-order valence-electron chi connectivity index (χ0n) is 16.5. The number of nitrogens with one attached hydrogen (secondary N) is 2. The fourth-order valence-corrected chi connectivity index (χ4v) is 3.56. The van der Waals surface area contributed by atoms with Gasteiger partial charge < -0.3 is 14.8 Å². The van der Waals surface area contributed by atoms with Gasteiger partial charge >= 0.3 is 5.97 Å². The first kappa shape index (κ1) is 21.7. The first-order valence-electron chi connectivity index (χ1n) is 8.81. The molecule has 0 aliphatic rings. The van der Waals surface area contributed by atoms with Crippen LogP contribution in [-0.2, 0) is 14.8 Å². The van der Waals surface area contributed by atoms with Crippen LogP contribution in [0.5, 0.6) is 5.88 Å². The second-order valence-corrected chi connectivity index (χ2v) is 7.75. The monoisotopic (exact) mass is 442 g/mol. The minimum atomic E-state index is -3.96. The molecule has 2 N–H and O–H groups in total. The maximum absolute atomic E-state index is 12.6. The molecule has 0 saturated heterocycles. The van der Waals surface area contributed by atoms with Gasteiger partial charge in [-0.15, -0.1) is 0 Å². The molecule has 0 fully saturated rings. The molecule has 11 heteroatoms. The Kier molecular flexibility index (Phi) is 6.46. The Morgan fingerprint density at radius 3 is 2.29 bits per heavy atom. The Balaban J connectivity index is 1.74. The van der Waals surface area contributed by atoms with Gasteiger partial charge in [0.15, 0.2) is 0 Å². The lowest BCUT2D eigenvalue weighted by Gasteiger charge is -2.10. The van der Waals surface area contributed by atoms with Crippen LogP contribution in [0.25, 0.3) is 0 Å². The summed E-state index contributed by atoms with van der Waals surface area (Å²) in [6.07, 6.45) is 2.70. The molecular weight excluding hydrogens is 424 g/mol. The van der Waals surface area contributed by atoms with Gasteiger partial charge in [0.1, 0.15) is 0 Å². The van der Waals surface area contributed by atoms with Crippen LogP contribution in [0, 0.1) is 0 Å². The average Bonchev–Trinajstić information content (AvgIpc) is 2.79. The van der Waals surface area contributed by atoms with Gasteiger partial charge in [0.2, 0.25) is 5.82 Å². The molecule has 0 spiro atoms. The molecule has 3 aromatic rings. The molecule has 1 heterocycles. The van der Waals surface area contributed by atoms with Crippen molar-refractivity contribution in [1.82, 2.24) is 9.97 Å². The van der Waals surface area contributed by atoms with Crippen LogP contribution in [-0.4, -0.2) is 44.5 Å². The molecule has 0 aliphatic heterocycles. The van der Waals surface area contributed by atoms with Gasteiger partial charge in [-0.3, -0.25) is 9.52 Å². The van der Waals surface area contributed by atoms with Crippen LogP contribution in [0.3, 0.4) is 0 Å². The number of hydrogen-bond donors (Lipinski definition) is 2. The molecule has 0 saturated carbocycles. The molecule has 0 bridgehead atoms. The number of anilines is 2. The minimum Gasteiger partial charge on any atom is -0.478 e. The molecule has 0 aliphatic carbocycles. The Morgan fingerprint density at radius 1 is 0.935 bits per heavy atom. The summed E-state index contributed by atoms with van der Waals surface area (Å²) in [4.78, 5) is 31.8. The summed E-state index contributed by atoms with van der Waals surface area (Å²) >= 11 is 0. The molecule has 0 radical (unpaired) electrons. The number of hydrogen-bond acceptors (Lipinski definition) is 8. The van der Waals surface area contributed by atoms with Gasteiger partial charge in [-0.1, -0.05) is 6.07 Å². The summed E-state index contributed by atoms with van der Waals surface area (Å²) in [6, 6.07) is 11.5. The first-order chi connectivity index (χ1) is 14.8. The van der Waals surface area contributed by atoms with E-state index in [0.717, 1.165) is 0 Å². The number of carbonyl (C=O) groups is 2. The van der Waals surface area contributed by atoms with Gasteiger partial charge in [-0.2, -0.15) is 0 Å². The Hall–Kier alpha value is -3.99. The molecule has 3 rings (SSSR count). The first-order valence-corrected chi connectivity index (χ1v) is 10.3. The second kappa shape index (κ2) is 9.22. The van der Waals surface area contributed by atoms with E-state index in [9.17, 15) is 18.0 Å². The standard InChI is InChI=1S/C20H18N4O6S/c1-29-19-17(21-10-11-22-19)24-31(27,28)16-8-6-15(7-9-16)23-18(25)13-4-3-5-14(12-13)20(26)30-2/h3-12H,1-2H3,(H,21,24)(H,23,25). The lowest BCUT2D eigenvalue weighted by Crippen LogP contribution is -2.16. The van der Waals surface area contributed by atoms with E-state index in [2.05, 4.69) is 24.7 Å². The lowest BCUT2D eigenvalue weighted by molar-refractivity contribution is 0.0600. The Morgan fingerprint density at radius 2 is 1.61 bits per heavy atom. The van der Waals surface area contributed by atoms with Crippen LogP contribution < -0.4 is 14.8 Å². The van der Waals surface area contributed by atoms with Crippen molar-refractivity contribution in [3.63, 3.8) is 0 Å². The van der Waals surface area contributed by atoms with E-state index in [1.807, 2.05) is 0 Å². The number of esters is 1. The Labute approximate surface area is 178 Å². The van der Waals surface area contributed by atoms with E-state index in [-0.39, 0.29) is 27.7 Å². The van der Waals surface area contributed by atoms with Crippen molar-refractivity contribution in [3.05, 3.63) is 72.1 Å². The fourth-order valence-electron chi connectivity index (χ4n) is 2.56. The van der Waals surface area contributed by atoms with E-state index in [1.165, 1.54) is 63.0 Å². The van der Waals surface area contributed by atoms with Crippen molar-refractivity contribution in [2.45, 2.75) is 4.90 Å². The molecule has 31 heavy (non-hydrogen) atoms. The van der Waals surface area contributed by atoms with Gasteiger partial charge in [-0.25, -0.2) is 23.2 Å². The smallest absolute Gasteiger partial charge is 0.337 e. The van der Waals surface area contributed by atoms with E-state index in [4.69, 9.17) is 4.74 Å². The molecule has 1 aromatic heterocycles. The van der Waals surface area contributed by atoms with E-state index >= 15 is 0 Å². The number of sulfonamides is 1. The lowest BCUT2D eigenvalue weighted by atomic mass is 10.1. The van der Waals surface area contributed by atoms with Gasteiger partial charge in [0, 0.05) is 23.6 Å². The zero-order valence-corrected chi connectivity index (χ0v) is 17.3. The summed E-state index contributed by atoms with van der Waals surface area (Å²) < 4.78 is 37.1. The predicted molar refractivity (Wildman–Crippen MR) is 112 cm³/mol. The van der Waals surface area contributed by atoms with Crippen molar-refractivity contribution >= 4 is 33.4 Å². The summed E-state index contributed by atoms with van der Waals surface area (Å²) in [6.45, 7) is 0. The highest BCUT2D eigenvalue weighted by Gasteiger charge is 2.18. The summed E-state index contributed by atoms with van der Waals surface area (Å²) in [7, 11) is -1.36. The highest BCUT2D eigenvalue weighted by molar-refractivity contribution is 7.92. The Bertz CT molecular complexity index is 1210. The zero-order chi connectivity index (χ0) is 22.4. The second-order valence-electron chi connectivity index (χ2n) is 6.07. The van der Waals surface area contributed by atoms with Crippen molar-refractivity contribution in [1.29, 1.82) is 0 Å². The van der Waals surface area contributed by atoms with Crippen LogP contribution in [0.15, 0.2) is 65.8 Å². The highest BCUT2D eigenvalue weighted by Crippen LogP contribution is 2.22. The molecule has 1 amide bonds. The summed E-state index contributed by atoms with van der Waals surface area (Å²) in [5, 5.41) is 2.64. The third-order valence-electron chi connectivity index (χ3n) is 4.06. The number of ether oxygens (including phenoxy) is 2. The van der Waals surface area contributed by atoms with Crippen LogP contribution >= 0.6 is 0 Å². The topological polar surface area (TPSA) is 137 Å². The number of methoxy groups -OCH3 is 2. The SMILES string of the molecule is COC(=O)c1cccc(C(=O)Nc2ccc(S(=O)(=O)Nc3nccnc3OC)cc2)c1. The maximum Gasteiger partial charge on any atom is 0.337 e. The average molecular weight is 442 g/mol. The van der Waals surface area contributed by atoms with Crippen molar-refractivity contribution in [2.24, 2.45) is 0 Å². The van der Waals surface area contributed by atoms with Crippen molar-refractivity contribution in [2.75, 3.05) is 24.3 Å². The number of rotatable bonds is 7. The summed E-state index contributed by atoms with van der Waals surface area (Å²) in [5.41, 5.74) is 0.850. The predicted octanol–water partition coefficient (Wildman–Crippen LogP) is 2.32. The van der Waals surface area contributed by atoms with Crippen LogP contribution in [0.1, 0.15) is 20.7 Å². The molecule has 10 nitrogen and oxygen atoms in total. The van der Waals surface area contributed by atoms with E-state index in [0.29, 0.717) is 5.69 Å². The maximum atomic E-state index is 12.6. The van der Waals surface area contributed by atoms with Crippen molar-refractivity contribution < 1.29 is 27.5 Å². The van der Waals surface area contributed by atoms with Crippen LogP contribution in [0.4, 0.5) is 11.5 Å². The quantitative estimate of drug-likeness (QED) is 0.532. The molecular formula is C20H18N4O6S. The molecule has 2 aromatic carbocycles. The minimum absolute atomic E-state index is 0.0316. The fraction of sp³-hybridized carbons (Fsp3) is 0.100. The van der Waals surface area contributed by atoms with Crippen molar-refractivity contribution in [3.8, 4) is 5.88 Å². The molecule has 160 valence electrons. The number of benzene rings is 2. The third kappa shape index (κ3) is 5.14. The number of amides is 1. The summed E-state index contributed by atoms with van der Waals surface area (Å²) in [5.74, 6) is -1.04. The normalized spacial score (nSPS) is 10.8. The van der Waals surface area contributed by atoms with Gasteiger partial charge in [0.05, 0.1) is 24.7 Å². The van der Waals surface area contributed by atoms with E-state index in [1.54, 1.807) is 12.1 Å². The van der Waals surface area contributed by atoms with Crippen LogP contribution in [0.2, 0.25) is 0 Å². The van der Waals surface area contributed by atoms with E-state index < -0.39 is 21.9 Å². The third-order valence-corrected chi connectivity index (χ3v) is 5.41. The van der Waals surface area contributed by atoms with Gasteiger partial charge in [-0.05, 0) is 42.5 Å². The number of aromatic nitrogens is 2. The highest BCUT2D eigenvalue weighted by atomic mass is 32.2. The molecule has 0 unspecified atom stereocenters. The van der Waals surface area contributed by atoms with Gasteiger partial charge in [0.25, 0.3) is 21.8 Å². The largest absolute Gasteiger partial charge is 0.478 e. The molecule has 0 atom stereocenters.